The molecule has 0 aliphatic carbocycles. The van der Waals surface area contributed by atoms with Crippen LogP contribution in [0.4, 0.5) is 19.1 Å². The predicted molar refractivity (Wildman–Crippen MR) is 88.4 cm³/mol. The molecule has 2 aliphatic heterocycles. The fourth-order valence-electron chi connectivity index (χ4n) is 3.17. The van der Waals surface area contributed by atoms with Crippen molar-refractivity contribution in [2.45, 2.75) is 43.6 Å². The van der Waals surface area contributed by atoms with Crippen molar-refractivity contribution in [3.8, 4) is 6.07 Å². The lowest BCUT2D eigenvalue weighted by molar-refractivity contribution is -0.141. The molecule has 3 rings (SSSR count). The predicted octanol–water partition coefficient (Wildman–Crippen LogP) is 1.57. The normalized spacial score (nSPS) is 25.5. The molecule has 1 unspecified atom stereocenters. The van der Waals surface area contributed by atoms with Gasteiger partial charge in [0.25, 0.3) is 0 Å². The van der Waals surface area contributed by atoms with Gasteiger partial charge in [0.1, 0.15) is 11.7 Å². The molecule has 26 heavy (non-hydrogen) atoms. The lowest BCUT2D eigenvalue weighted by atomic mass is 10.1. The van der Waals surface area contributed by atoms with Crippen molar-refractivity contribution in [2.24, 2.45) is 0 Å². The van der Waals surface area contributed by atoms with E-state index in [9.17, 15) is 18.0 Å². The molecule has 1 amide bonds. The molecule has 1 aromatic heterocycles. The quantitative estimate of drug-likeness (QED) is 0.813. The molecular formula is C15H18ClF3N6O. The number of nitrogens with zero attached hydrogens (tertiary/aromatic N) is 4. The van der Waals surface area contributed by atoms with Crippen LogP contribution in [0.5, 0.6) is 0 Å². The molecular weight excluding hydrogens is 373 g/mol. The van der Waals surface area contributed by atoms with Gasteiger partial charge in [-0.1, -0.05) is 0 Å². The van der Waals surface area contributed by atoms with Gasteiger partial charge >= 0.3 is 6.18 Å². The molecule has 0 bridgehead atoms. The number of nitriles is 1. The standard InChI is InChI=1S/C15H17F3N6O.ClH/c16-15(17,18)12-3-4-20-14(23-12)22-9-6-11(21-8-9)13(25)24-5-1-2-10(24)7-19;/h3-4,9-11,21H,1-2,5-6,8H2,(H,20,22,23);1H/t9-,10?,11-;/m0./s1. The van der Waals surface area contributed by atoms with Gasteiger partial charge in [0.2, 0.25) is 11.9 Å². The largest absolute Gasteiger partial charge is 0.433 e. The van der Waals surface area contributed by atoms with Crippen molar-refractivity contribution < 1.29 is 18.0 Å². The van der Waals surface area contributed by atoms with Crippen LogP contribution < -0.4 is 10.6 Å². The van der Waals surface area contributed by atoms with Gasteiger partial charge in [-0.05, 0) is 25.3 Å². The number of likely N-dealkylation sites (tertiary alicyclic amines) is 1. The monoisotopic (exact) mass is 390 g/mol. The minimum atomic E-state index is -4.53. The summed E-state index contributed by atoms with van der Waals surface area (Å²) in [6.07, 6.45) is -1.61. The molecule has 3 atom stereocenters. The van der Waals surface area contributed by atoms with E-state index in [1.54, 1.807) is 4.90 Å². The Balaban J connectivity index is 0.00000243. The second-order valence-electron chi connectivity index (χ2n) is 6.12. The Kier molecular flexibility index (Phi) is 6.26. The summed E-state index contributed by atoms with van der Waals surface area (Å²) < 4.78 is 38.1. The number of carbonyl (C=O) groups excluding carboxylic acids is 1. The third-order valence-electron chi connectivity index (χ3n) is 4.39. The van der Waals surface area contributed by atoms with Crippen LogP contribution in [0.15, 0.2) is 12.3 Å². The van der Waals surface area contributed by atoms with E-state index < -0.39 is 24.0 Å². The van der Waals surface area contributed by atoms with Gasteiger partial charge in [0.05, 0.1) is 12.1 Å². The Morgan fingerprint density at radius 2 is 2.23 bits per heavy atom. The first kappa shape index (κ1) is 20.2. The molecule has 0 aromatic carbocycles. The second kappa shape index (κ2) is 8.05. The number of aromatic nitrogens is 2. The molecule has 7 nitrogen and oxygen atoms in total. The van der Waals surface area contributed by atoms with Gasteiger partial charge in [0, 0.05) is 25.3 Å². The first-order valence-electron chi connectivity index (χ1n) is 7.98. The fraction of sp³-hybridized carbons (Fsp3) is 0.600. The summed E-state index contributed by atoms with van der Waals surface area (Å²) in [6, 6.07) is 1.81. The van der Waals surface area contributed by atoms with Crippen LogP contribution in [0, 0.1) is 11.3 Å². The van der Waals surface area contributed by atoms with Crippen molar-refractivity contribution >= 4 is 24.3 Å². The van der Waals surface area contributed by atoms with Crippen LogP contribution >= 0.6 is 12.4 Å². The van der Waals surface area contributed by atoms with Crippen molar-refractivity contribution in [3.63, 3.8) is 0 Å². The smallest absolute Gasteiger partial charge is 0.350 e. The van der Waals surface area contributed by atoms with Crippen molar-refractivity contribution in [2.75, 3.05) is 18.4 Å². The molecule has 11 heteroatoms. The summed E-state index contributed by atoms with van der Waals surface area (Å²) in [5.41, 5.74) is -1.02. The van der Waals surface area contributed by atoms with E-state index in [-0.39, 0.29) is 30.3 Å². The highest BCUT2D eigenvalue weighted by molar-refractivity contribution is 5.85. The minimum Gasteiger partial charge on any atom is -0.350 e. The SMILES string of the molecule is Cl.N#CC1CCCN1C(=O)[C@@H]1C[C@H](Nc2nccc(C(F)(F)F)n2)CN1. The number of amides is 1. The summed E-state index contributed by atoms with van der Waals surface area (Å²) in [6.45, 7) is 0.963. The summed E-state index contributed by atoms with van der Waals surface area (Å²) in [4.78, 5) is 21.3. The van der Waals surface area contributed by atoms with Crippen LogP contribution in [-0.2, 0) is 11.0 Å². The van der Waals surface area contributed by atoms with Gasteiger partial charge in [-0.3, -0.25) is 4.79 Å². The molecule has 0 saturated carbocycles. The van der Waals surface area contributed by atoms with Gasteiger partial charge in [0.15, 0.2) is 0 Å². The van der Waals surface area contributed by atoms with Gasteiger partial charge in [-0.25, -0.2) is 9.97 Å². The average molecular weight is 391 g/mol. The van der Waals surface area contributed by atoms with Gasteiger partial charge < -0.3 is 15.5 Å². The Hall–Kier alpha value is -2.12. The Labute approximate surface area is 154 Å². The van der Waals surface area contributed by atoms with E-state index in [0.717, 1.165) is 18.7 Å². The lowest BCUT2D eigenvalue weighted by Gasteiger charge is -2.23. The molecule has 2 saturated heterocycles. The highest BCUT2D eigenvalue weighted by Crippen LogP contribution is 2.28. The molecule has 1 aromatic rings. The van der Waals surface area contributed by atoms with Gasteiger partial charge in [-0.2, -0.15) is 18.4 Å². The van der Waals surface area contributed by atoms with E-state index in [1.807, 2.05) is 0 Å². The van der Waals surface area contributed by atoms with E-state index in [1.165, 1.54) is 0 Å². The first-order valence-corrected chi connectivity index (χ1v) is 7.98. The number of nitrogens with one attached hydrogen (secondary N) is 2. The third-order valence-corrected chi connectivity index (χ3v) is 4.39. The third kappa shape index (κ3) is 4.34. The second-order valence-corrected chi connectivity index (χ2v) is 6.12. The molecule has 2 N–H and O–H groups in total. The van der Waals surface area contributed by atoms with Crippen LogP contribution in [0.25, 0.3) is 0 Å². The van der Waals surface area contributed by atoms with Crippen molar-refractivity contribution in [1.82, 2.24) is 20.2 Å². The number of alkyl halides is 3. The molecule has 3 heterocycles. The van der Waals surface area contributed by atoms with E-state index in [0.29, 0.717) is 25.9 Å². The molecule has 2 aliphatic rings. The van der Waals surface area contributed by atoms with E-state index in [4.69, 9.17) is 5.26 Å². The number of rotatable bonds is 3. The maximum atomic E-state index is 12.7. The fourth-order valence-corrected chi connectivity index (χ4v) is 3.17. The van der Waals surface area contributed by atoms with Gasteiger partial charge in [-0.15, -0.1) is 12.4 Å². The summed E-state index contributed by atoms with van der Waals surface area (Å²) in [5.74, 6) is -0.260. The van der Waals surface area contributed by atoms with Crippen LogP contribution in [-0.4, -0.2) is 52.0 Å². The lowest BCUT2D eigenvalue weighted by Crippen LogP contribution is -2.45. The average Bonchev–Trinajstić information content (AvgIpc) is 3.22. The summed E-state index contributed by atoms with van der Waals surface area (Å²) >= 11 is 0. The first-order chi connectivity index (χ1) is 11.9. The zero-order valence-corrected chi connectivity index (χ0v) is 14.5. The molecule has 0 spiro atoms. The molecule has 0 radical (unpaired) electrons. The summed E-state index contributed by atoms with van der Waals surface area (Å²) in [7, 11) is 0. The zero-order chi connectivity index (χ0) is 18.0. The van der Waals surface area contributed by atoms with Crippen LogP contribution in [0.1, 0.15) is 25.0 Å². The van der Waals surface area contributed by atoms with E-state index in [2.05, 4.69) is 26.7 Å². The Bertz CT molecular complexity index is 695. The molecule has 2 fully saturated rings. The van der Waals surface area contributed by atoms with Crippen molar-refractivity contribution in [3.05, 3.63) is 18.0 Å². The topological polar surface area (TPSA) is 93.9 Å². The molecule has 142 valence electrons. The maximum Gasteiger partial charge on any atom is 0.433 e. The van der Waals surface area contributed by atoms with Crippen LogP contribution in [0.2, 0.25) is 0 Å². The number of hydrogen-bond donors (Lipinski definition) is 2. The Morgan fingerprint density at radius 1 is 1.46 bits per heavy atom. The number of anilines is 1. The van der Waals surface area contributed by atoms with Crippen molar-refractivity contribution in [1.29, 1.82) is 5.26 Å². The van der Waals surface area contributed by atoms with E-state index >= 15 is 0 Å². The number of halogens is 4. The summed E-state index contributed by atoms with van der Waals surface area (Å²) in [5, 5.41) is 15.0. The Morgan fingerprint density at radius 3 is 2.92 bits per heavy atom. The number of carbonyl (C=O) groups is 1. The van der Waals surface area contributed by atoms with Crippen LogP contribution in [0.3, 0.4) is 0 Å². The minimum absolute atomic E-state index is 0. The highest BCUT2D eigenvalue weighted by atomic mass is 35.5. The number of hydrogen-bond acceptors (Lipinski definition) is 6. The highest BCUT2D eigenvalue weighted by Gasteiger charge is 2.37. The zero-order valence-electron chi connectivity index (χ0n) is 13.7. The maximum absolute atomic E-state index is 12.7.